The topological polar surface area (TPSA) is 101 Å². The standard InChI is InChI=1S/C22H23F2N3O5/c1-11-6-14(23)12(15(24)7-11)8-25-20(30)13-9-27-16-10-32-5-4-22(16,2)26(3)21(31)17(27)19(29)18(13)28/h6-7,9,16,29H,4-5,8,10H2,1-3H3,(H,25,30)/t16-,22+/m0/s1. The zero-order valence-corrected chi connectivity index (χ0v) is 17.9. The van der Waals surface area contributed by atoms with Gasteiger partial charge in [0.05, 0.1) is 18.2 Å². The number of fused-ring (bicyclic) bond motifs is 3. The first kappa shape index (κ1) is 21.9. The van der Waals surface area contributed by atoms with Crippen molar-refractivity contribution in [2.45, 2.75) is 38.4 Å². The van der Waals surface area contributed by atoms with Gasteiger partial charge in [0, 0.05) is 32.0 Å². The Kier molecular flexibility index (Phi) is 5.28. The lowest BCUT2D eigenvalue weighted by Gasteiger charge is -2.51. The third-order valence-corrected chi connectivity index (χ3v) is 6.52. The minimum Gasteiger partial charge on any atom is -0.503 e. The first-order valence-electron chi connectivity index (χ1n) is 10.1. The number of ether oxygens (including phenoxy) is 1. The molecule has 0 aliphatic carbocycles. The van der Waals surface area contributed by atoms with Crippen LogP contribution >= 0.6 is 0 Å². The second kappa shape index (κ2) is 7.70. The Hall–Kier alpha value is -3.27. The molecule has 1 fully saturated rings. The van der Waals surface area contributed by atoms with Crippen LogP contribution in [0, 0.1) is 18.6 Å². The third kappa shape index (κ3) is 3.26. The van der Waals surface area contributed by atoms with E-state index in [1.54, 1.807) is 7.05 Å². The fourth-order valence-electron chi connectivity index (χ4n) is 4.38. The van der Waals surface area contributed by atoms with Crippen molar-refractivity contribution >= 4 is 11.8 Å². The quantitative estimate of drug-likeness (QED) is 0.748. The van der Waals surface area contributed by atoms with E-state index in [9.17, 15) is 28.3 Å². The van der Waals surface area contributed by atoms with Gasteiger partial charge in [0.25, 0.3) is 11.8 Å². The summed E-state index contributed by atoms with van der Waals surface area (Å²) in [6.45, 7) is 3.56. The molecule has 1 aromatic heterocycles. The third-order valence-electron chi connectivity index (χ3n) is 6.52. The number of nitrogens with zero attached hydrogens (tertiary/aromatic N) is 2. The van der Waals surface area contributed by atoms with Crippen LogP contribution in [-0.4, -0.2) is 52.2 Å². The van der Waals surface area contributed by atoms with Crippen molar-refractivity contribution in [3.05, 3.63) is 62.6 Å². The maximum Gasteiger partial charge on any atom is 0.274 e. The summed E-state index contributed by atoms with van der Waals surface area (Å²) in [5.41, 5.74) is -2.31. The maximum absolute atomic E-state index is 14.1. The van der Waals surface area contributed by atoms with E-state index in [4.69, 9.17) is 4.74 Å². The Balaban J connectivity index is 1.72. The fourth-order valence-corrected chi connectivity index (χ4v) is 4.38. The Morgan fingerprint density at radius 2 is 1.97 bits per heavy atom. The van der Waals surface area contributed by atoms with Gasteiger partial charge < -0.3 is 24.6 Å². The second-order valence-corrected chi connectivity index (χ2v) is 8.43. The normalized spacial score (nSPS) is 22.3. The predicted molar refractivity (Wildman–Crippen MR) is 110 cm³/mol. The molecular formula is C22H23F2N3O5. The van der Waals surface area contributed by atoms with Crippen LogP contribution in [0.4, 0.5) is 8.78 Å². The molecular weight excluding hydrogens is 424 g/mol. The van der Waals surface area contributed by atoms with Gasteiger partial charge in [0.15, 0.2) is 11.4 Å². The molecule has 0 bridgehead atoms. The van der Waals surface area contributed by atoms with Crippen LogP contribution < -0.4 is 10.7 Å². The molecule has 2 aliphatic rings. The van der Waals surface area contributed by atoms with Crippen LogP contribution in [0.1, 0.15) is 51.4 Å². The number of nitrogens with one attached hydrogen (secondary N) is 1. The number of hydrogen-bond acceptors (Lipinski definition) is 5. The Morgan fingerprint density at radius 3 is 2.62 bits per heavy atom. The zero-order chi connectivity index (χ0) is 23.4. The largest absolute Gasteiger partial charge is 0.503 e. The van der Waals surface area contributed by atoms with Gasteiger partial charge in [0.1, 0.15) is 17.2 Å². The fraction of sp³-hybridized carbons (Fsp3) is 0.409. The van der Waals surface area contributed by atoms with E-state index < -0.39 is 58.3 Å². The number of aromatic hydroxyl groups is 1. The minimum atomic E-state index is -1.04. The molecule has 1 saturated heterocycles. The Labute approximate surface area is 182 Å². The summed E-state index contributed by atoms with van der Waals surface area (Å²) in [6.07, 6.45) is 1.73. The van der Waals surface area contributed by atoms with Gasteiger partial charge in [-0.3, -0.25) is 14.4 Å². The van der Waals surface area contributed by atoms with Gasteiger partial charge in [-0.2, -0.15) is 0 Å². The van der Waals surface area contributed by atoms with Crippen LogP contribution in [0.5, 0.6) is 5.75 Å². The average Bonchev–Trinajstić information content (AvgIpc) is 2.73. The first-order valence-corrected chi connectivity index (χ1v) is 10.1. The Morgan fingerprint density at radius 1 is 1.31 bits per heavy atom. The minimum absolute atomic E-state index is 0.213. The highest BCUT2D eigenvalue weighted by Gasteiger charge is 2.50. The summed E-state index contributed by atoms with van der Waals surface area (Å²) < 4.78 is 35.1. The van der Waals surface area contributed by atoms with E-state index in [0.29, 0.717) is 18.6 Å². The molecule has 10 heteroatoms. The molecule has 3 heterocycles. The smallest absolute Gasteiger partial charge is 0.274 e. The van der Waals surface area contributed by atoms with Gasteiger partial charge in [-0.05, 0) is 38.0 Å². The van der Waals surface area contributed by atoms with E-state index >= 15 is 0 Å². The second-order valence-electron chi connectivity index (χ2n) is 8.43. The summed E-state index contributed by atoms with van der Waals surface area (Å²) in [6, 6.07) is 1.82. The predicted octanol–water partition coefficient (Wildman–Crippen LogP) is 1.88. The van der Waals surface area contributed by atoms with Crippen molar-refractivity contribution in [3.8, 4) is 5.75 Å². The van der Waals surface area contributed by atoms with E-state index in [-0.39, 0.29) is 17.9 Å². The van der Waals surface area contributed by atoms with Crippen LogP contribution in [0.15, 0.2) is 23.1 Å². The molecule has 2 aromatic rings. The lowest BCUT2D eigenvalue weighted by Crippen LogP contribution is -2.61. The SMILES string of the molecule is Cc1cc(F)c(CNC(=O)c2cn3c(c(O)c2=O)C(=O)N(C)[C@]2(C)CCOC[C@H]32)c(F)c1. The number of carbonyl (C=O) groups is 2. The number of halogens is 2. The number of aryl methyl sites for hydroxylation is 1. The molecule has 2 aliphatic heterocycles. The van der Waals surface area contributed by atoms with Crippen molar-refractivity contribution in [2.24, 2.45) is 0 Å². The number of likely N-dealkylation sites (N-methyl/N-ethyl adjacent to an activating group) is 1. The van der Waals surface area contributed by atoms with Crippen LogP contribution in [0.3, 0.4) is 0 Å². The number of rotatable bonds is 3. The van der Waals surface area contributed by atoms with Crippen molar-refractivity contribution in [3.63, 3.8) is 0 Å². The van der Waals surface area contributed by atoms with Gasteiger partial charge in [-0.25, -0.2) is 8.78 Å². The Bertz CT molecular complexity index is 1170. The number of pyridine rings is 1. The highest BCUT2D eigenvalue weighted by atomic mass is 19.1. The summed E-state index contributed by atoms with van der Waals surface area (Å²) >= 11 is 0. The van der Waals surface area contributed by atoms with Crippen molar-refractivity contribution < 1.29 is 28.2 Å². The van der Waals surface area contributed by atoms with Gasteiger partial charge in [0.2, 0.25) is 5.43 Å². The highest BCUT2D eigenvalue weighted by Crippen LogP contribution is 2.41. The number of aromatic nitrogens is 1. The molecule has 170 valence electrons. The number of hydrogen-bond donors (Lipinski definition) is 2. The lowest BCUT2D eigenvalue weighted by atomic mass is 9.82. The molecule has 0 saturated carbocycles. The van der Waals surface area contributed by atoms with Gasteiger partial charge in [-0.15, -0.1) is 0 Å². The highest BCUT2D eigenvalue weighted by molar-refractivity contribution is 5.99. The summed E-state index contributed by atoms with van der Waals surface area (Å²) in [7, 11) is 1.60. The van der Waals surface area contributed by atoms with Crippen molar-refractivity contribution in [1.29, 1.82) is 0 Å². The molecule has 2 amide bonds. The van der Waals surface area contributed by atoms with E-state index in [2.05, 4.69) is 5.32 Å². The molecule has 1 aromatic carbocycles. The molecule has 0 radical (unpaired) electrons. The molecule has 0 spiro atoms. The average molecular weight is 447 g/mol. The van der Waals surface area contributed by atoms with Gasteiger partial charge in [-0.1, -0.05) is 0 Å². The van der Waals surface area contributed by atoms with Gasteiger partial charge >= 0.3 is 0 Å². The molecule has 32 heavy (non-hydrogen) atoms. The molecule has 2 atom stereocenters. The number of amides is 2. The zero-order valence-electron chi connectivity index (χ0n) is 17.9. The summed E-state index contributed by atoms with van der Waals surface area (Å²) in [5, 5.41) is 12.8. The number of carbonyl (C=O) groups excluding carboxylic acids is 2. The van der Waals surface area contributed by atoms with E-state index in [1.807, 2.05) is 6.92 Å². The first-order chi connectivity index (χ1) is 15.1. The van der Waals surface area contributed by atoms with Crippen LogP contribution in [-0.2, 0) is 11.3 Å². The van der Waals surface area contributed by atoms with Crippen molar-refractivity contribution in [1.82, 2.24) is 14.8 Å². The number of benzene rings is 1. The summed E-state index contributed by atoms with van der Waals surface area (Å²) in [5.74, 6) is -3.97. The molecule has 2 N–H and O–H groups in total. The van der Waals surface area contributed by atoms with Crippen LogP contribution in [0.25, 0.3) is 0 Å². The maximum atomic E-state index is 14.1. The monoisotopic (exact) mass is 447 g/mol. The van der Waals surface area contributed by atoms with E-state index in [0.717, 1.165) is 12.1 Å². The summed E-state index contributed by atoms with van der Waals surface area (Å²) in [4.78, 5) is 39.8. The lowest BCUT2D eigenvalue weighted by molar-refractivity contribution is -0.0528. The van der Waals surface area contributed by atoms with E-state index in [1.165, 1.54) is 22.6 Å². The van der Waals surface area contributed by atoms with Crippen molar-refractivity contribution in [2.75, 3.05) is 20.3 Å². The molecule has 8 nitrogen and oxygen atoms in total. The molecule has 0 unspecified atom stereocenters. The van der Waals surface area contributed by atoms with Crippen LogP contribution in [0.2, 0.25) is 0 Å². The molecule has 4 rings (SSSR count).